The first-order valence-electron chi connectivity index (χ1n) is 8.34. The van der Waals surface area contributed by atoms with Crippen LogP contribution in [-0.4, -0.2) is 38.2 Å². The molecule has 6 heteroatoms. The summed E-state index contributed by atoms with van der Waals surface area (Å²) in [5, 5.41) is 4.32. The van der Waals surface area contributed by atoms with E-state index in [-0.39, 0.29) is 18.6 Å². The molecule has 2 aromatic rings. The van der Waals surface area contributed by atoms with E-state index in [2.05, 4.69) is 10.1 Å². The van der Waals surface area contributed by atoms with Crippen molar-refractivity contribution in [2.24, 2.45) is 7.05 Å². The van der Waals surface area contributed by atoms with E-state index < -0.39 is 0 Å². The summed E-state index contributed by atoms with van der Waals surface area (Å²) in [5.74, 6) is 0.699. The van der Waals surface area contributed by atoms with Crippen molar-refractivity contribution < 1.29 is 9.53 Å². The first-order valence-corrected chi connectivity index (χ1v) is 8.34. The maximum absolute atomic E-state index is 12.8. The normalized spacial score (nSPS) is 15.2. The Kier molecular flexibility index (Phi) is 4.55. The highest BCUT2D eigenvalue weighted by Crippen LogP contribution is 2.34. The van der Waals surface area contributed by atoms with Crippen LogP contribution in [0.4, 0.5) is 0 Å². The second kappa shape index (κ2) is 6.63. The van der Waals surface area contributed by atoms with E-state index in [0.717, 1.165) is 29.9 Å². The number of ether oxygens (including phenoxy) is 1. The van der Waals surface area contributed by atoms with E-state index in [9.17, 15) is 4.79 Å². The molecule has 0 aromatic carbocycles. The van der Waals surface area contributed by atoms with Crippen LogP contribution < -0.4 is 4.74 Å². The Morgan fingerprint density at radius 2 is 2.17 bits per heavy atom. The van der Waals surface area contributed by atoms with Crippen LogP contribution in [0.5, 0.6) is 5.75 Å². The lowest BCUT2D eigenvalue weighted by Gasteiger charge is -2.29. The molecule has 128 valence electrons. The summed E-state index contributed by atoms with van der Waals surface area (Å²) in [5.41, 5.74) is 2.64. The summed E-state index contributed by atoms with van der Waals surface area (Å²) >= 11 is 0. The minimum absolute atomic E-state index is 0.00157. The number of amides is 1. The highest BCUT2D eigenvalue weighted by atomic mass is 16.5. The monoisotopic (exact) mass is 328 g/mol. The van der Waals surface area contributed by atoms with Crippen LogP contribution >= 0.6 is 0 Å². The van der Waals surface area contributed by atoms with Crippen molar-refractivity contribution in [3.63, 3.8) is 0 Å². The molecule has 6 nitrogen and oxygen atoms in total. The molecule has 2 heterocycles. The average molecular weight is 328 g/mol. The predicted molar refractivity (Wildman–Crippen MR) is 90.7 cm³/mol. The van der Waals surface area contributed by atoms with Crippen LogP contribution in [0.15, 0.2) is 24.4 Å². The van der Waals surface area contributed by atoms with Gasteiger partial charge < -0.3 is 9.64 Å². The summed E-state index contributed by atoms with van der Waals surface area (Å²) in [6.45, 7) is 5.89. The molecular formula is C18H24N4O2. The molecule has 1 amide bonds. The van der Waals surface area contributed by atoms with Crippen LogP contribution in [0.3, 0.4) is 0 Å². The zero-order valence-electron chi connectivity index (χ0n) is 14.7. The molecule has 0 radical (unpaired) electrons. The van der Waals surface area contributed by atoms with E-state index >= 15 is 0 Å². The maximum atomic E-state index is 12.8. The highest BCUT2D eigenvalue weighted by molar-refractivity contribution is 5.79. The molecule has 0 unspecified atom stereocenters. The standard InChI is InChI=1S/C18H24N4O2/c1-12-18(14(3)21(4)20-12)24-11-17(23)22(15-8-9-15)13(2)16-7-5-6-10-19-16/h5-7,10,13,15H,8-9,11H2,1-4H3/t13-/m0/s1. The van der Waals surface area contributed by atoms with Crippen molar-refractivity contribution in [1.29, 1.82) is 0 Å². The number of hydrogen-bond donors (Lipinski definition) is 0. The SMILES string of the molecule is Cc1nn(C)c(C)c1OCC(=O)N(C1CC1)[C@@H](C)c1ccccn1. The van der Waals surface area contributed by atoms with Gasteiger partial charge in [-0.25, -0.2) is 0 Å². The van der Waals surface area contributed by atoms with Crippen LogP contribution in [0.2, 0.25) is 0 Å². The number of nitrogens with zero attached hydrogens (tertiary/aromatic N) is 4. The van der Waals surface area contributed by atoms with Gasteiger partial charge in [0.15, 0.2) is 12.4 Å². The largest absolute Gasteiger partial charge is 0.480 e. The third kappa shape index (κ3) is 3.27. The number of aromatic nitrogens is 3. The second-order valence-electron chi connectivity index (χ2n) is 6.37. The number of pyridine rings is 1. The first-order chi connectivity index (χ1) is 11.5. The van der Waals surface area contributed by atoms with E-state index in [4.69, 9.17) is 4.74 Å². The van der Waals surface area contributed by atoms with Crippen molar-refractivity contribution in [2.75, 3.05) is 6.61 Å². The van der Waals surface area contributed by atoms with Crippen molar-refractivity contribution in [1.82, 2.24) is 19.7 Å². The van der Waals surface area contributed by atoms with Crippen LogP contribution in [0.25, 0.3) is 0 Å². The minimum Gasteiger partial charge on any atom is -0.480 e. The fourth-order valence-electron chi connectivity index (χ4n) is 3.03. The van der Waals surface area contributed by atoms with E-state index in [1.165, 1.54) is 0 Å². The van der Waals surface area contributed by atoms with Gasteiger partial charge in [-0.15, -0.1) is 0 Å². The van der Waals surface area contributed by atoms with Crippen LogP contribution in [0.1, 0.15) is 42.9 Å². The highest BCUT2D eigenvalue weighted by Gasteiger charge is 2.36. The second-order valence-corrected chi connectivity index (χ2v) is 6.37. The first kappa shape index (κ1) is 16.5. The lowest BCUT2D eigenvalue weighted by atomic mass is 10.1. The maximum Gasteiger partial charge on any atom is 0.261 e. The minimum atomic E-state index is -0.0501. The van der Waals surface area contributed by atoms with Gasteiger partial charge in [0.1, 0.15) is 5.69 Å². The molecule has 1 saturated carbocycles. The quantitative estimate of drug-likeness (QED) is 0.818. The van der Waals surface area contributed by atoms with Gasteiger partial charge in [0.2, 0.25) is 0 Å². The molecule has 1 fully saturated rings. The fourth-order valence-corrected chi connectivity index (χ4v) is 3.03. The average Bonchev–Trinajstić information content (AvgIpc) is 3.36. The Morgan fingerprint density at radius 1 is 1.42 bits per heavy atom. The lowest BCUT2D eigenvalue weighted by molar-refractivity contribution is -0.136. The fraction of sp³-hybridized carbons (Fsp3) is 0.500. The lowest BCUT2D eigenvalue weighted by Crippen LogP contribution is -2.39. The zero-order valence-corrected chi connectivity index (χ0v) is 14.7. The van der Waals surface area contributed by atoms with Crippen LogP contribution in [-0.2, 0) is 11.8 Å². The molecule has 0 aliphatic heterocycles. The molecule has 24 heavy (non-hydrogen) atoms. The van der Waals surface area contributed by atoms with Gasteiger partial charge in [-0.05, 0) is 45.7 Å². The van der Waals surface area contributed by atoms with Gasteiger partial charge >= 0.3 is 0 Å². The van der Waals surface area contributed by atoms with Gasteiger partial charge in [-0.3, -0.25) is 14.5 Å². The summed E-state index contributed by atoms with van der Waals surface area (Å²) in [7, 11) is 1.87. The summed E-state index contributed by atoms with van der Waals surface area (Å²) < 4.78 is 7.57. The van der Waals surface area contributed by atoms with E-state index in [0.29, 0.717) is 11.8 Å². The molecule has 0 spiro atoms. The number of aryl methyl sites for hydroxylation is 2. The Hall–Kier alpha value is -2.37. The third-order valence-corrected chi connectivity index (χ3v) is 4.54. The van der Waals surface area contributed by atoms with Gasteiger partial charge in [0, 0.05) is 19.3 Å². The molecule has 1 aliphatic rings. The molecule has 3 rings (SSSR count). The Morgan fingerprint density at radius 3 is 2.71 bits per heavy atom. The van der Waals surface area contributed by atoms with Gasteiger partial charge in [-0.1, -0.05) is 6.07 Å². The van der Waals surface area contributed by atoms with E-state index in [1.54, 1.807) is 10.9 Å². The third-order valence-electron chi connectivity index (χ3n) is 4.54. The van der Waals surface area contributed by atoms with Crippen molar-refractivity contribution in [2.45, 2.75) is 45.7 Å². The Labute approximate surface area is 142 Å². The van der Waals surface area contributed by atoms with E-state index in [1.807, 2.05) is 50.9 Å². The Bertz CT molecular complexity index is 722. The number of carbonyl (C=O) groups is 1. The number of rotatable bonds is 6. The molecule has 1 aliphatic carbocycles. The van der Waals surface area contributed by atoms with Crippen molar-refractivity contribution >= 4 is 5.91 Å². The van der Waals surface area contributed by atoms with Crippen LogP contribution in [0, 0.1) is 13.8 Å². The zero-order chi connectivity index (χ0) is 17.3. The number of hydrogen-bond acceptors (Lipinski definition) is 4. The predicted octanol–water partition coefficient (Wildman–Crippen LogP) is 2.56. The van der Waals surface area contributed by atoms with Crippen molar-refractivity contribution in [3.05, 3.63) is 41.5 Å². The van der Waals surface area contributed by atoms with Gasteiger partial charge in [0.25, 0.3) is 5.91 Å². The summed E-state index contributed by atoms with van der Waals surface area (Å²) in [6.07, 6.45) is 3.86. The Balaban J connectivity index is 1.71. The molecule has 2 aromatic heterocycles. The molecule has 1 atom stereocenters. The summed E-state index contributed by atoms with van der Waals surface area (Å²) in [4.78, 5) is 19.1. The van der Waals surface area contributed by atoms with Crippen molar-refractivity contribution in [3.8, 4) is 5.75 Å². The van der Waals surface area contributed by atoms with Gasteiger partial charge in [-0.2, -0.15) is 5.10 Å². The number of carbonyl (C=O) groups excluding carboxylic acids is 1. The topological polar surface area (TPSA) is 60.3 Å². The molecule has 0 saturated heterocycles. The molecule has 0 N–H and O–H groups in total. The van der Waals surface area contributed by atoms with Gasteiger partial charge in [0.05, 0.1) is 17.4 Å². The molecule has 0 bridgehead atoms. The molecular weight excluding hydrogens is 304 g/mol. The summed E-state index contributed by atoms with van der Waals surface area (Å²) in [6, 6.07) is 6.05. The smallest absolute Gasteiger partial charge is 0.261 e.